The summed E-state index contributed by atoms with van der Waals surface area (Å²) in [6, 6.07) is 11.8. The normalized spacial score (nSPS) is 11.0. The molecule has 2 amide bonds. The summed E-state index contributed by atoms with van der Waals surface area (Å²) in [6.07, 6.45) is 1.47. The van der Waals surface area contributed by atoms with E-state index in [4.69, 9.17) is 0 Å². The molecule has 0 radical (unpaired) electrons. The predicted molar refractivity (Wildman–Crippen MR) is 107 cm³/mol. The molecule has 150 valence electrons. The molecule has 0 spiro atoms. The van der Waals surface area contributed by atoms with E-state index < -0.39 is 15.8 Å². The van der Waals surface area contributed by atoms with E-state index in [1.807, 2.05) is 0 Å². The number of halogens is 1. The lowest BCUT2D eigenvalue weighted by Gasteiger charge is -2.22. The van der Waals surface area contributed by atoms with Crippen LogP contribution in [0, 0.1) is 5.82 Å². The molecule has 2 aromatic carbocycles. The van der Waals surface area contributed by atoms with E-state index in [1.165, 1.54) is 31.2 Å². The third-order valence-corrected chi connectivity index (χ3v) is 4.96. The SMILES string of the molecule is CC(=O)Nc1ccc(NC(=O)CCCN(c2ccc(F)cc2)S(C)(=O)=O)cc1. The van der Waals surface area contributed by atoms with Crippen molar-refractivity contribution in [2.24, 2.45) is 0 Å². The van der Waals surface area contributed by atoms with Gasteiger partial charge in [0.1, 0.15) is 5.82 Å². The van der Waals surface area contributed by atoms with Crippen molar-refractivity contribution in [3.8, 4) is 0 Å². The van der Waals surface area contributed by atoms with Crippen molar-refractivity contribution in [2.75, 3.05) is 27.7 Å². The second kappa shape index (κ2) is 9.32. The smallest absolute Gasteiger partial charge is 0.232 e. The van der Waals surface area contributed by atoms with Crippen LogP contribution in [-0.4, -0.2) is 33.0 Å². The summed E-state index contributed by atoms with van der Waals surface area (Å²) >= 11 is 0. The van der Waals surface area contributed by atoms with Gasteiger partial charge in [-0.05, 0) is 55.0 Å². The van der Waals surface area contributed by atoms with Crippen molar-refractivity contribution in [3.63, 3.8) is 0 Å². The monoisotopic (exact) mass is 407 g/mol. The molecule has 0 heterocycles. The fraction of sp³-hybridized carbons (Fsp3) is 0.263. The number of carbonyl (C=O) groups excluding carboxylic acids is 2. The first-order valence-electron chi connectivity index (χ1n) is 8.56. The first-order valence-corrected chi connectivity index (χ1v) is 10.4. The summed E-state index contributed by atoms with van der Waals surface area (Å²) in [5.74, 6) is -0.908. The van der Waals surface area contributed by atoms with E-state index >= 15 is 0 Å². The molecule has 9 heteroatoms. The molecule has 7 nitrogen and oxygen atoms in total. The van der Waals surface area contributed by atoms with E-state index in [0.29, 0.717) is 23.5 Å². The maximum absolute atomic E-state index is 13.1. The first-order chi connectivity index (χ1) is 13.1. The van der Waals surface area contributed by atoms with E-state index in [0.717, 1.165) is 10.6 Å². The Morgan fingerprint density at radius 2 is 1.50 bits per heavy atom. The Balaban J connectivity index is 1.90. The number of nitrogens with zero attached hydrogens (tertiary/aromatic N) is 1. The highest BCUT2D eigenvalue weighted by Gasteiger charge is 2.17. The van der Waals surface area contributed by atoms with Gasteiger partial charge in [0.25, 0.3) is 0 Å². The molecule has 0 saturated carbocycles. The zero-order valence-electron chi connectivity index (χ0n) is 15.6. The van der Waals surface area contributed by atoms with E-state index in [2.05, 4.69) is 10.6 Å². The summed E-state index contributed by atoms with van der Waals surface area (Å²) in [7, 11) is -3.56. The second-order valence-electron chi connectivity index (χ2n) is 6.22. The lowest BCUT2D eigenvalue weighted by atomic mass is 10.2. The molecule has 0 atom stereocenters. The Morgan fingerprint density at radius 3 is 2.00 bits per heavy atom. The van der Waals surface area contributed by atoms with Gasteiger partial charge in [-0.25, -0.2) is 12.8 Å². The van der Waals surface area contributed by atoms with Crippen LogP contribution < -0.4 is 14.9 Å². The fourth-order valence-electron chi connectivity index (χ4n) is 2.54. The van der Waals surface area contributed by atoms with E-state index in [1.54, 1.807) is 24.3 Å². The molecule has 0 aromatic heterocycles. The minimum atomic E-state index is -3.56. The van der Waals surface area contributed by atoms with E-state index in [9.17, 15) is 22.4 Å². The Kier molecular flexibility index (Phi) is 7.11. The average Bonchev–Trinajstić information content (AvgIpc) is 2.60. The summed E-state index contributed by atoms with van der Waals surface area (Å²) < 4.78 is 38.2. The van der Waals surface area contributed by atoms with Crippen molar-refractivity contribution in [1.29, 1.82) is 0 Å². The molecule has 0 aliphatic carbocycles. The van der Waals surface area contributed by atoms with E-state index in [-0.39, 0.29) is 24.8 Å². The molecule has 2 aromatic rings. The maximum atomic E-state index is 13.1. The Labute approximate surface area is 163 Å². The largest absolute Gasteiger partial charge is 0.326 e. The summed E-state index contributed by atoms with van der Waals surface area (Å²) in [6.45, 7) is 1.50. The van der Waals surface area contributed by atoms with Crippen LogP contribution in [-0.2, 0) is 19.6 Å². The van der Waals surface area contributed by atoms with Crippen LogP contribution in [0.4, 0.5) is 21.5 Å². The molecule has 0 saturated heterocycles. The number of rotatable bonds is 8. The van der Waals surface area contributed by atoms with Crippen molar-refractivity contribution >= 4 is 38.9 Å². The maximum Gasteiger partial charge on any atom is 0.232 e. The van der Waals surface area contributed by atoms with Crippen LogP contribution in [0.1, 0.15) is 19.8 Å². The zero-order chi connectivity index (χ0) is 20.7. The molecule has 28 heavy (non-hydrogen) atoms. The van der Waals surface area contributed by atoms with Crippen molar-refractivity contribution < 1.29 is 22.4 Å². The van der Waals surface area contributed by atoms with Crippen LogP contribution in [0.3, 0.4) is 0 Å². The first kappa shape index (κ1) is 21.4. The molecule has 0 aliphatic rings. The van der Waals surface area contributed by atoms with Crippen LogP contribution in [0.25, 0.3) is 0 Å². The molecular formula is C19H22FN3O4S. The second-order valence-corrected chi connectivity index (χ2v) is 8.13. The van der Waals surface area contributed by atoms with Crippen LogP contribution in [0.5, 0.6) is 0 Å². The Bertz CT molecular complexity index is 929. The van der Waals surface area contributed by atoms with Gasteiger partial charge in [0.2, 0.25) is 21.8 Å². The third kappa shape index (κ3) is 6.66. The molecule has 2 rings (SSSR count). The van der Waals surface area contributed by atoms with Gasteiger partial charge in [-0.15, -0.1) is 0 Å². The Hall–Kier alpha value is -2.94. The molecular weight excluding hydrogens is 385 g/mol. The van der Waals surface area contributed by atoms with Gasteiger partial charge in [-0.1, -0.05) is 0 Å². The highest BCUT2D eigenvalue weighted by Crippen LogP contribution is 2.19. The van der Waals surface area contributed by atoms with Gasteiger partial charge in [-0.3, -0.25) is 13.9 Å². The number of nitrogens with one attached hydrogen (secondary N) is 2. The van der Waals surface area contributed by atoms with Crippen molar-refractivity contribution in [1.82, 2.24) is 0 Å². The van der Waals surface area contributed by atoms with Crippen LogP contribution in [0.2, 0.25) is 0 Å². The number of sulfonamides is 1. The van der Waals surface area contributed by atoms with Crippen LogP contribution in [0.15, 0.2) is 48.5 Å². The lowest BCUT2D eigenvalue weighted by Crippen LogP contribution is -2.31. The zero-order valence-corrected chi connectivity index (χ0v) is 16.4. The van der Waals surface area contributed by atoms with Gasteiger partial charge in [0.15, 0.2) is 0 Å². The van der Waals surface area contributed by atoms with Crippen molar-refractivity contribution in [3.05, 3.63) is 54.3 Å². The number of amides is 2. The molecule has 2 N–H and O–H groups in total. The average molecular weight is 407 g/mol. The van der Waals surface area contributed by atoms with Gasteiger partial charge < -0.3 is 10.6 Å². The predicted octanol–water partition coefficient (Wildman–Crippen LogP) is 2.97. The number of hydrogen-bond donors (Lipinski definition) is 2. The minimum absolute atomic E-state index is 0.0966. The standard InChI is InChI=1S/C19H22FN3O4S/c1-14(24)21-16-7-9-17(10-8-16)22-19(25)4-3-13-23(28(2,26)27)18-11-5-15(20)6-12-18/h5-12H,3-4,13H2,1-2H3,(H,21,24)(H,22,25). The minimum Gasteiger partial charge on any atom is -0.326 e. The van der Waals surface area contributed by atoms with Gasteiger partial charge in [0.05, 0.1) is 11.9 Å². The summed E-state index contributed by atoms with van der Waals surface area (Å²) in [5, 5.41) is 5.34. The number of carbonyl (C=O) groups is 2. The van der Waals surface area contributed by atoms with Crippen molar-refractivity contribution in [2.45, 2.75) is 19.8 Å². The molecule has 0 unspecified atom stereocenters. The number of hydrogen-bond acceptors (Lipinski definition) is 4. The summed E-state index contributed by atoms with van der Waals surface area (Å²) in [5.41, 5.74) is 1.53. The summed E-state index contributed by atoms with van der Waals surface area (Å²) in [4.78, 5) is 23.1. The lowest BCUT2D eigenvalue weighted by molar-refractivity contribution is -0.116. The Morgan fingerprint density at radius 1 is 0.964 bits per heavy atom. The van der Waals surface area contributed by atoms with Gasteiger partial charge in [-0.2, -0.15) is 0 Å². The highest BCUT2D eigenvalue weighted by atomic mass is 32.2. The third-order valence-electron chi connectivity index (χ3n) is 3.77. The topological polar surface area (TPSA) is 95.6 Å². The number of benzene rings is 2. The number of anilines is 3. The fourth-order valence-corrected chi connectivity index (χ4v) is 3.51. The quantitative estimate of drug-likeness (QED) is 0.703. The van der Waals surface area contributed by atoms with Gasteiger partial charge in [0, 0.05) is 31.3 Å². The highest BCUT2D eigenvalue weighted by molar-refractivity contribution is 7.92. The van der Waals surface area contributed by atoms with Crippen LogP contribution >= 0.6 is 0 Å². The van der Waals surface area contributed by atoms with Gasteiger partial charge >= 0.3 is 0 Å². The molecule has 0 bridgehead atoms. The molecule has 0 aliphatic heterocycles. The molecule has 0 fully saturated rings.